The number of aliphatic carboxylic acids is 2. The first kappa shape index (κ1) is 19.2. The van der Waals surface area contributed by atoms with Gasteiger partial charge in [-0.25, -0.2) is 0 Å². The Morgan fingerprint density at radius 3 is 1.72 bits per heavy atom. The molecule has 0 saturated heterocycles. The van der Waals surface area contributed by atoms with Gasteiger partial charge in [-0.15, -0.1) is 0 Å². The SMILES string of the molecule is CC(N)C(=O)O.CCCCCCCCCC(=O)O. The highest BCUT2D eigenvalue weighted by Gasteiger charge is 1.99. The van der Waals surface area contributed by atoms with Gasteiger partial charge in [-0.05, 0) is 13.3 Å². The molecule has 1 atom stereocenters. The number of carboxylic acids is 2. The van der Waals surface area contributed by atoms with Crippen LogP contribution in [-0.2, 0) is 9.59 Å². The van der Waals surface area contributed by atoms with Crippen molar-refractivity contribution >= 4 is 11.9 Å². The number of carbonyl (C=O) groups is 2. The second-order valence-corrected chi connectivity index (χ2v) is 4.39. The van der Waals surface area contributed by atoms with Crippen molar-refractivity contribution in [2.24, 2.45) is 5.73 Å². The van der Waals surface area contributed by atoms with E-state index >= 15 is 0 Å². The van der Waals surface area contributed by atoms with Crippen molar-refractivity contribution in [1.29, 1.82) is 0 Å². The Labute approximate surface area is 109 Å². The molecule has 0 amide bonds. The van der Waals surface area contributed by atoms with E-state index in [0.29, 0.717) is 6.42 Å². The van der Waals surface area contributed by atoms with Crippen molar-refractivity contribution < 1.29 is 19.8 Å². The Hall–Kier alpha value is -1.10. The number of hydrogen-bond acceptors (Lipinski definition) is 3. The summed E-state index contributed by atoms with van der Waals surface area (Å²) < 4.78 is 0. The maximum Gasteiger partial charge on any atom is 0.320 e. The lowest BCUT2D eigenvalue weighted by Crippen LogP contribution is -2.25. The van der Waals surface area contributed by atoms with Crippen molar-refractivity contribution in [2.75, 3.05) is 0 Å². The maximum absolute atomic E-state index is 10.1. The molecule has 0 rings (SSSR count). The minimum absolute atomic E-state index is 0.341. The van der Waals surface area contributed by atoms with Gasteiger partial charge in [0.05, 0.1) is 0 Å². The molecule has 5 heteroatoms. The Balaban J connectivity index is 0. The van der Waals surface area contributed by atoms with Crippen LogP contribution in [0.15, 0.2) is 0 Å². The van der Waals surface area contributed by atoms with Crippen molar-refractivity contribution in [3.63, 3.8) is 0 Å². The summed E-state index contributed by atoms with van der Waals surface area (Å²) >= 11 is 0. The van der Waals surface area contributed by atoms with Crippen molar-refractivity contribution in [1.82, 2.24) is 0 Å². The van der Waals surface area contributed by atoms with Crippen molar-refractivity contribution in [3.05, 3.63) is 0 Å². The Morgan fingerprint density at radius 1 is 1.00 bits per heavy atom. The third-order valence-electron chi connectivity index (χ3n) is 2.38. The van der Waals surface area contributed by atoms with Gasteiger partial charge in [0.15, 0.2) is 0 Å². The summed E-state index contributed by atoms with van der Waals surface area (Å²) in [5.41, 5.74) is 4.84. The molecule has 0 aliphatic heterocycles. The van der Waals surface area contributed by atoms with E-state index in [4.69, 9.17) is 15.9 Å². The zero-order chi connectivity index (χ0) is 14.4. The molecule has 1 unspecified atom stereocenters. The first-order chi connectivity index (χ1) is 8.41. The van der Waals surface area contributed by atoms with Crippen LogP contribution < -0.4 is 5.73 Å². The molecule has 0 spiro atoms. The lowest BCUT2D eigenvalue weighted by molar-refractivity contribution is -0.138. The van der Waals surface area contributed by atoms with Crippen molar-refractivity contribution in [2.45, 2.75) is 71.3 Å². The fourth-order valence-electron chi connectivity index (χ4n) is 1.23. The summed E-state index contributed by atoms with van der Waals surface area (Å²) in [6.07, 6.45) is 8.64. The quantitative estimate of drug-likeness (QED) is 0.554. The van der Waals surface area contributed by atoms with Gasteiger partial charge >= 0.3 is 11.9 Å². The number of hydrogen-bond donors (Lipinski definition) is 3. The van der Waals surface area contributed by atoms with Crippen LogP contribution in [0, 0.1) is 0 Å². The van der Waals surface area contributed by atoms with Crippen LogP contribution in [0.1, 0.15) is 65.2 Å². The fourth-order valence-corrected chi connectivity index (χ4v) is 1.23. The minimum Gasteiger partial charge on any atom is -0.481 e. The van der Waals surface area contributed by atoms with Gasteiger partial charge < -0.3 is 15.9 Å². The van der Waals surface area contributed by atoms with Gasteiger partial charge in [-0.2, -0.15) is 0 Å². The number of unbranched alkanes of at least 4 members (excludes halogenated alkanes) is 6. The number of nitrogens with two attached hydrogens (primary N) is 1. The Kier molecular flexibility index (Phi) is 14.9. The predicted octanol–water partition coefficient (Wildman–Crippen LogP) is 2.63. The lowest BCUT2D eigenvalue weighted by Gasteiger charge is -1.98. The highest BCUT2D eigenvalue weighted by atomic mass is 16.4. The second kappa shape index (κ2) is 14.0. The molecule has 0 radical (unpaired) electrons. The molecule has 0 aromatic rings. The van der Waals surface area contributed by atoms with Gasteiger partial charge in [0, 0.05) is 6.42 Å². The summed E-state index contributed by atoms with van der Waals surface area (Å²) in [5.74, 6) is -1.63. The summed E-state index contributed by atoms with van der Waals surface area (Å²) in [6, 6.07) is -0.731. The van der Waals surface area contributed by atoms with Crippen LogP contribution in [0.3, 0.4) is 0 Å². The molecule has 0 aromatic heterocycles. The molecule has 0 aliphatic rings. The average molecular weight is 261 g/mol. The molecule has 0 bridgehead atoms. The monoisotopic (exact) mass is 261 g/mol. The Morgan fingerprint density at radius 2 is 1.39 bits per heavy atom. The highest BCUT2D eigenvalue weighted by molar-refractivity contribution is 5.72. The predicted molar refractivity (Wildman–Crippen MR) is 71.5 cm³/mol. The number of rotatable bonds is 9. The summed E-state index contributed by atoms with van der Waals surface area (Å²) in [6.45, 7) is 3.62. The molecule has 0 heterocycles. The molecule has 0 aromatic carbocycles. The fraction of sp³-hybridized carbons (Fsp3) is 0.846. The van der Waals surface area contributed by atoms with Crippen LogP contribution in [0.5, 0.6) is 0 Å². The summed E-state index contributed by atoms with van der Waals surface area (Å²) in [5, 5.41) is 16.2. The van der Waals surface area contributed by atoms with Crippen LogP contribution >= 0.6 is 0 Å². The molecule has 0 aliphatic carbocycles. The zero-order valence-corrected chi connectivity index (χ0v) is 11.5. The van der Waals surface area contributed by atoms with Crippen LogP contribution in [0.2, 0.25) is 0 Å². The summed E-state index contributed by atoms with van der Waals surface area (Å²) in [4.78, 5) is 19.7. The molecule has 108 valence electrons. The highest BCUT2D eigenvalue weighted by Crippen LogP contribution is 2.07. The molecule has 0 saturated carbocycles. The third-order valence-corrected chi connectivity index (χ3v) is 2.38. The molecule has 0 fully saturated rings. The van der Waals surface area contributed by atoms with Gasteiger partial charge in [-0.3, -0.25) is 9.59 Å². The van der Waals surface area contributed by atoms with Gasteiger partial charge in [0.1, 0.15) is 6.04 Å². The van der Waals surface area contributed by atoms with E-state index in [1.165, 1.54) is 39.0 Å². The minimum atomic E-state index is -0.963. The van der Waals surface area contributed by atoms with E-state index in [2.05, 4.69) is 6.92 Å². The smallest absolute Gasteiger partial charge is 0.320 e. The molecule has 5 nitrogen and oxygen atoms in total. The first-order valence-corrected chi connectivity index (χ1v) is 6.62. The standard InChI is InChI=1S/C10H20O2.C3H7NO2/c1-2-3-4-5-6-7-8-9-10(11)12;1-2(4)3(5)6/h2-9H2,1H3,(H,11,12);2H,4H2,1H3,(H,5,6). The first-order valence-electron chi connectivity index (χ1n) is 6.62. The maximum atomic E-state index is 10.1. The molecular formula is C13H27NO4. The van der Waals surface area contributed by atoms with E-state index in [1.54, 1.807) is 0 Å². The van der Waals surface area contributed by atoms with E-state index in [1.807, 2.05) is 0 Å². The largest absolute Gasteiger partial charge is 0.481 e. The van der Waals surface area contributed by atoms with Crippen molar-refractivity contribution in [3.8, 4) is 0 Å². The van der Waals surface area contributed by atoms with Gasteiger partial charge in [0.2, 0.25) is 0 Å². The average Bonchev–Trinajstić information content (AvgIpc) is 2.28. The number of carboxylic acid groups (broad SMARTS) is 2. The van der Waals surface area contributed by atoms with Crippen LogP contribution in [-0.4, -0.2) is 28.2 Å². The Bertz CT molecular complexity index is 217. The van der Waals surface area contributed by atoms with E-state index in [0.717, 1.165) is 12.8 Å². The molecular weight excluding hydrogens is 234 g/mol. The van der Waals surface area contributed by atoms with Crippen LogP contribution in [0.4, 0.5) is 0 Å². The van der Waals surface area contributed by atoms with Crippen LogP contribution in [0.25, 0.3) is 0 Å². The van der Waals surface area contributed by atoms with E-state index < -0.39 is 18.0 Å². The summed E-state index contributed by atoms with van der Waals surface area (Å²) in [7, 11) is 0. The molecule has 18 heavy (non-hydrogen) atoms. The third kappa shape index (κ3) is 20.3. The second-order valence-electron chi connectivity index (χ2n) is 4.39. The van der Waals surface area contributed by atoms with Gasteiger partial charge in [-0.1, -0.05) is 45.4 Å². The lowest BCUT2D eigenvalue weighted by atomic mass is 10.1. The molecule has 4 N–H and O–H groups in total. The zero-order valence-electron chi connectivity index (χ0n) is 11.5. The van der Waals surface area contributed by atoms with Gasteiger partial charge in [0.25, 0.3) is 0 Å². The topological polar surface area (TPSA) is 101 Å². The normalized spacial score (nSPS) is 11.3. The van der Waals surface area contributed by atoms with E-state index in [-0.39, 0.29) is 0 Å². The van der Waals surface area contributed by atoms with E-state index in [9.17, 15) is 9.59 Å².